The molecule has 1 aromatic carbocycles. The Morgan fingerprint density at radius 3 is 2.24 bits per heavy atom. The van der Waals surface area contributed by atoms with Gasteiger partial charge in [-0.05, 0) is 43.5 Å². The molecular weight excluding hydrogens is 208 g/mol. The molecule has 2 atom stereocenters. The minimum absolute atomic E-state index is 0.710. The molecule has 0 saturated carbocycles. The third-order valence-corrected chi connectivity index (χ3v) is 3.51. The lowest BCUT2D eigenvalue weighted by Crippen LogP contribution is -2.42. The van der Waals surface area contributed by atoms with Crippen LogP contribution in [-0.4, -0.2) is 26.2 Å². The van der Waals surface area contributed by atoms with Crippen molar-refractivity contribution in [2.24, 2.45) is 11.8 Å². The minimum Gasteiger partial charge on any atom is -0.371 e. The molecule has 94 valence electrons. The summed E-state index contributed by atoms with van der Waals surface area (Å²) in [4.78, 5) is 2.56. The molecule has 0 bridgehead atoms. The largest absolute Gasteiger partial charge is 0.371 e. The van der Waals surface area contributed by atoms with Gasteiger partial charge in [0.05, 0.1) is 0 Å². The summed E-state index contributed by atoms with van der Waals surface area (Å²) in [6.07, 6.45) is 0. The fourth-order valence-corrected chi connectivity index (χ4v) is 2.65. The Balaban J connectivity index is 2.18. The van der Waals surface area contributed by atoms with Gasteiger partial charge in [-0.25, -0.2) is 0 Å². The molecule has 0 radical (unpaired) electrons. The van der Waals surface area contributed by atoms with E-state index < -0.39 is 0 Å². The van der Waals surface area contributed by atoms with Crippen LogP contribution in [0.3, 0.4) is 0 Å². The Labute approximate surface area is 105 Å². The molecule has 0 amide bonds. The van der Waals surface area contributed by atoms with Crippen LogP contribution in [0.1, 0.15) is 19.4 Å². The number of rotatable bonds is 1. The normalized spacial score (nSPS) is 26.4. The molecule has 1 heterocycles. The molecule has 0 spiro atoms. The number of hydrogen-bond acceptors (Lipinski definition) is 2. The quantitative estimate of drug-likeness (QED) is 0.801. The SMILES string of the molecule is Cc1ccccc1N1CC(C)CNCC(C)C1. The Bertz CT molecular complexity index is 350. The molecule has 1 saturated heterocycles. The van der Waals surface area contributed by atoms with E-state index in [9.17, 15) is 0 Å². The van der Waals surface area contributed by atoms with Gasteiger partial charge < -0.3 is 10.2 Å². The molecule has 1 aromatic rings. The van der Waals surface area contributed by atoms with Crippen molar-refractivity contribution in [3.05, 3.63) is 29.8 Å². The van der Waals surface area contributed by atoms with Gasteiger partial charge >= 0.3 is 0 Å². The third-order valence-electron chi connectivity index (χ3n) is 3.51. The monoisotopic (exact) mass is 232 g/mol. The van der Waals surface area contributed by atoms with Crippen LogP contribution in [0.25, 0.3) is 0 Å². The van der Waals surface area contributed by atoms with Crippen LogP contribution in [0.2, 0.25) is 0 Å². The van der Waals surface area contributed by atoms with Crippen LogP contribution >= 0.6 is 0 Å². The first-order valence-electron chi connectivity index (χ1n) is 6.68. The zero-order chi connectivity index (χ0) is 12.3. The molecule has 0 aliphatic carbocycles. The van der Waals surface area contributed by atoms with Crippen molar-refractivity contribution in [1.82, 2.24) is 5.32 Å². The summed E-state index contributed by atoms with van der Waals surface area (Å²) in [7, 11) is 0. The Morgan fingerprint density at radius 1 is 1.06 bits per heavy atom. The summed E-state index contributed by atoms with van der Waals surface area (Å²) < 4.78 is 0. The number of para-hydroxylation sites is 1. The maximum absolute atomic E-state index is 3.55. The van der Waals surface area contributed by atoms with E-state index in [0.29, 0.717) is 11.8 Å². The van der Waals surface area contributed by atoms with E-state index in [1.54, 1.807) is 0 Å². The highest BCUT2D eigenvalue weighted by Crippen LogP contribution is 2.22. The minimum atomic E-state index is 0.710. The van der Waals surface area contributed by atoms with E-state index >= 15 is 0 Å². The number of nitrogens with one attached hydrogen (secondary N) is 1. The van der Waals surface area contributed by atoms with Gasteiger partial charge in [0, 0.05) is 18.8 Å². The van der Waals surface area contributed by atoms with Gasteiger partial charge in [-0.3, -0.25) is 0 Å². The average Bonchev–Trinajstić information content (AvgIpc) is 2.26. The van der Waals surface area contributed by atoms with Crippen molar-refractivity contribution in [3.63, 3.8) is 0 Å². The predicted molar refractivity (Wildman–Crippen MR) is 74.6 cm³/mol. The number of anilines is 1. The first-order valence-corrected chi connectivity index (χ1v) is 6.68. The Hall–Kier alpha value is -1.02. The molecule has 2 heteroatoms. The van der Waals surface area contributed by atoms with Crippen molar-refractivity contribution in [2.45, 2.75) is 20.8 Å². The summed E-state index contributed by atoms with van der Waals surface area (Å²) in [5.41, 5.74) is 2.80. The van der Waals surface area contributed by atoms with E-state index in [4.69, 9.17) is 0 Å². The summed E-state index contributed by atoms with van der Waals surface area (Å²) in [5.74, 6) is 1.42. The molecule has 2 rings (SSSR count). The lowest BCUT2D eigenvalue weighted by Gasteiger charge is -2.34. The van der Waals surface area contributed by atoms with Gasteiger partial charge in [0.25, 0.3) is 0 Å². The van der Waals surface area contributed by atoms with Crippen molar-refractivity contribution >= 4 is 5.69 Å². The van der Waals surface area contributed by atoms with Gasteiger partial charge in [0.15, 0.2) is 0 Å². The van der Waals surface area contributed by atoms with Crippen LogP contribution < -0.4 is 10.2 Å². The fraction of sp³-hybridized carbons (Fsp3) is 0.600. The van der Waals surface area contributed by atoms with E-state index in [-0.39, 0.29) is 0 Å². The lowest BCUT2D eigenvalue weighted by molar-refractivity contribution is 0.410. The average molecular weight is 232 g/mol. The Kier molecular flexibility index (Phi) is 4.06. The second kappa shape index (κ2) is 5.54. The number of aryl methyl sites for hydroxylation is 1. The first kappa shape index (κ1) is 12.4. The number of nitrogens with zero attached hydrogens (tertiary/aromatic N) is 1. The van der Waals surface area contributed by atoms with Gasteiger partial charge in [-0.15, -0.1) is 0 Å². The zero-order valence-electron chi connectivity index (χ0n) is 11.2. The van der Waals surface area contributed by atoms with E-state index in [1.807, 2.05) is 0 Å². The smallest absolute Gasteiger partial charge is 0.0396 e. The lowest BCUT2D eigenvalue weighted by atomic mass is 10.0. The second-order valence-electron chi connectivity index (χ2n) is 5.56. The molecule has 0 aromatic heterocycles. The van der Waals surface area contributed by atoms with Gasteiger partial charge in [-0.2, -0.15) is 0 Å². The van der Waals surface area contributed by atoms with Crippen molar-refractivity contribution < 1.29 is 0 Å². The molecule has 1 aliphatic rings. The molecule has 2 unspecified atom stereocenters. The molecule has 1 fully saturated rings. The molecule has 17 heavy (non-hydrogen) atoms. The van der Waals surface area contributed by atoms with Crippen LogP contribution in [-0.2, 0) is 0 Å². The number of benzene rings is 1. The summed E-state index contributed by atoms with van der Waals surface area (Å²) in [6, 6.07) is 8.73. The summed E-state index contributed by atoms with van der Waals surface area (Å²) >= 11 is 0. The Morgan fingerprint density at radius 2 is 1.65 bits per heavy atom. The maximum atomic E-state index is 3.55. The van der Waals surface area contributed by atoms with Crippen LogP contribution in [0.15, 0.2) is 24.3 Å². The predicted octanol–water partition coefficient (Wildman–Crippen LogP) is 2.68. The van der Waals surface area contributed by atoms with Crippen LogP contribution in [0.5, 0.6) is 0 Å². The molecule has 1 aliphatic heterocycles. The second-order valence-corrected chi connectivity index (χ2v) is 5.56. The van der Waals surface area contributed by atoms with E-state index in [2.05, 4.69) is 55.3 Å². The first-order chi connectivity index (χ1) is 8.16. The van der Waals surface area contributed by atoms with Crippen LogP contribution in [0.4, 0.5) is 5.69 Å². The highest BCUT2D eigenvalue weighted by Gasteiger charge is 2.18. The number of hydrogen-bond donors (Lipinski definition) is 1. The fourth-order valence-electron chi connectivity index (χ4n) is 2.65. The molecule has 1 N–H and O–H groups in total. The summed E-state index contributed by atoms with van der Waals surface area (Å²) in [6.45, 7) is 11.4. The van der Waals surface area contributed by atoms with Crippen molar-refractivity contribution in [3.8, 4) is 0 Å². The van der Waals surface area contributed by atoms with Crippen molar-refractivity contribution in [2.75, 3.05) is 31.1 Å². The highest BCUT2D eigenvalue weighted by molar-refractivity contribution is 5.53. The van der Waals surface area contributed by atoms with Gasteiger partial charge in [-0.1, -0.05) is 32.0 Å². The molecular formula is C15H24N2. The maximum Gasteiger partial charge on any atom is 0.0396 e. The van der Waals surface area contributed by atoms with Crippen LogP contribution in [0, 0.1) is 18.8 Å². The zero-order valence-corrected chi connectivity index (χ0v) is 11.2. The van der Waals surface area contributed by atoms with Gasteiger partial charge in [0.1, 0.15) is 0 Å². The van der Waals surface area contributed by atoms with Crippen molar-refractivity contribution in [1.29, 1.82) is 0 Å². The third kappa shape index (κ3) is 3.22. The topological polar surface area (TPSA) is 15.3 Å². The summed E-state index contributed by atoms with van der Waals surface area (Å²) in [5, 5.41) is 3.55. The van der Waals surface area contributed by atoms with E-state index in [0.717, 1.165) is 26.2 Å². The standard InChI is InChI=1S/C15H24N2/c1-12-8-16-9-13(2)11-17(10-12)15-7-5-4-6-14(15)3/h4-7,12-13,16H,8-11H2,1-3H3. The van der Waals surface area contributed by atoms with E-state index in [1.165, 1.54) is 11.3 Å². The van der Waals surface area contributed by atoms with Gasteiger partial charge in [0.2, 0.25) is 0 Å². The molecule has 2 nitrogen and oxygen atoms in total. The highest BCUT2D eigenvalue weighted by atomic mass is 15.1.